The third-order valence-electron chi connectivity index (χ3n) is 2.66. The maximum atomic E-state index is 11.2. The Morgan fingerprint density at radius 3 is 2.22 bits per heavy atom. The molecule has 0 saturated heterocycles. The van der Waals surface area contributed by atoms with Gasteiger partial charge in [-0.2, -0.15) is 0 Å². The first-order chi connectivity index (χ1) is 8.39. The summed E-state index contributed by atoms with van der Waals surface area (Å²) in [6.45, 7) is 1.97. The minimum atomic E-state index is -3.75. The molecular formula is C13H10Cl2O2S. The summed E-state index contributed by atoms with van der Waals surface area (Å²) in [5, 5.41) is 0.367. The first kappa shape index (κ1) is 13.4. The molecule has 2 aromatic rings. The lowest BCUT2D eigenvalue weighted by molar-refractivity contribution is 0.609. The van der Waals surface area contributed by atoms with Crippen LogP contribution in [0.25, 0.3) is 11.1 Å². The lowest BCUT2D eigenvalue weighted by Gasteiger charge is -2.08. The third-order valence-corrected chi connectivity index (χ3v) is 4.32. The fraction of sp³-hybridized carbons (Fsp3) is 0.0769. The molecule has 0 heterocycles. The molecule has 0 saturated carbocycles. The standard InChI is InChI=1S/C13H10Cl2O2S/c1-9-4-2-3-5-11(9)12-7-6-10(8-13(12)14)18(15,16)17/h2-8H,1H3. The Morgan fingerprint density at radius 2 is 1.67 bits per heavy atom. The number of hydrogen-bond acceptors (Lipinski definition) is 2. The number of rotatable bonds is 2. The van der Waals surface area contributed by atoms with Crippen LogP contribution in [0.15, 0.2) is 47.4 Å². The Labute approximate surface area is 116 Å². The summed E-state index contributed by atoms with van der Waals surface area (Å²) in [6.07, 6.45) is 0. The largest absolute Gasteiger partial charge is 0.261 e. The van der Waals surface area contributed by atoms with Crippen LogP contribution in [0.4, 0.5) is 0 Å². The summed E-state index contributed by atoms with van der Waals surface area (Å²) in [6, 6.07) is 12.2. The van der Waals surface area contributed by atoms with Gasteiger partial charge in [0.2, 0.25) is 0 Å². The van der Waals surface area contributed by atoms with Gasteiger partial charge in [-0.15, -0.1) is 0 Å². The topological polar surface area (TPSA) is 34.1 Å². The normalized spacial score (nSPS) is 11.5. The monoisotopic (exact) mass is 300 g/mol. The van der Waals surface area contributed by atoms with Gasteiger partial charge in [-0.1, -0.05) is 41.9 Å². The Bertz CT molecular complexity index is 694. The number of hydrogen-bond donors (Lipinski definition) is 0. The summed E-state index contributed by atoms with van der Waals surface area (Å²) in [4.78, 5) is 0.00602. The minimum absolute atomic E-state index is 0.00602. The SMILES string of the molecule is Cc1ccccc1-c1ccc(S(=O)(=O)Cl)cc1Cl. The molecule has 0 unspecified atom stereocenters. The number of halogens is 2. The quantitative estimate of drug-likeness (QED) is 0.777. The van der Waals surface area contributed by atoms with Crippen molar-refractivity contribution in [2.45, 2.75) is 11.8 Å². The molecule has 2 rings (SSSR count). The zero-order chi connectivity index (χ0) is 13.3. The second kappa shape index (κ2) is 4.92. The average Bonchev–Trinajstić information content (AvgIpc) is 2.29. The van der Waals surface area contributed by atoms with Crippen LogP contribution in [0.3, 0.4) is 0 Å². The molecule has 0 amide bonds. The predicted octanol–water partition coefficient (Wildman–Crippen LogP) is 4.24. The Hall–Kier alpha value is -1.03. The molecule has 0 spiro atoms. The Kier molecular flexibility index (Phi) is 3.66. The van der Waals surface area contributed by atoms with E-state index in [9.17, 15) is 8.42 Å². The van der Waals surface area contributed by atoms with Crippen molar-refractivity contribution in [3.05, 3.63) is 53.1 Å². The van der Waals surface area contributed by atoms with Gasteiger partial charge < -0.3 is 0 Å². The van der Waals surface area contributed by atoms with Gasteiger partial charge in [-0.25, -0.2) is 8.42 Å². The molecular weight excluding hydrogens is 291 g/mol. The van der Waals surface area contributed by atoms with E-state index in [2.05, 4.69) is 0 Å². The van der Waals surface area contributed by atoms with E-state index < -0.39 is 9.05 Å². The first-order valence-corrected chi connectivity index (χ1v) is 7.88. The van der Waals surface area contributed by atoms with E-state index in [-0.39, 0.29) is 4.90 Å². The van der Waals surface area contributed by atoms with Gasteiger partial charge in [0.15, 0.2) is 0 Å². The molecule has 0 bridgehead atoms. The summed E-state index contributed by atoms with van der Waals surface area (Å²) in [5.41, 5.74) is 2.83. The van der Waals surface area contributed by atoms with Crippen molar-refractivity contribution in [3.8, 4) is 11.1 Å². The van der Waals surface area contributed by atoms with Crippen LogP contribution in [0.5, 0.6) is 0 Å². The van der Waals surface area contributed by atoms with Crippen molar-refractivity contribution in [2.24, 2.45) is 0 Å². The number of benzene rings is 2. The molecule has 0 atom stereocenters. The van der Waals surface area contributed by atoms with Gasteiger partial charge in [0.25, 0.3) is 9.05 Å². The molecule has 2 nitrogen and oxygen atoms in total. The molecule has 0 radical (unpaired) electrons. The molecule has 18 heavy (non-hydrogen) atoms. The smallest absolute Gasteiger partial charge is 0.207 e. The highest BCUT2D eigenvalue weighted by Gasteiger charge is 2.13. The van der Waals surface area contributed by atoms with Crippen molar-refractivity contribution in [1.82, 2.24) is 0 Å². The summed E-state index contributed by atoms with van der Waals surface area (Å²) in [5.74, 6) is 0. The van der Waals surface area contributed by atoms with Crippen LogP contribution in [0, 0.1) is 6.92 Å². The zero-order valence-corrected chi connectivity index (χ0v) is 11.9. The fourth-order valence-corrected chi connectivity index (χ4v) is 2.87. The van der Waals surface area contributed by atoms with E-state index >= 15 is 0 Å². The van der Waals surface area contributed by atoms with Gasteiger partial charge >= 0.3 is 0 Å². The summed E-state index contributed by atoms with van der Waals surface area (Å²) in [7, 11) is 1.53. The minimum Gasteiger partial charge on any atom is -0.207 e. The lowest BCUT2D eigenvalue weighted by Crippen LogP contribution is -1.92. The van der Waals surface area contributed by atoms with E-state index in [1.807, 2.05) is 31.2 Å². The van der Waals surface area contributed by atoms with Crippen LogP contribution in [0.1, 0.15) is 5.56 Å². The van der Waals surface area contributed by atoms with E-state index in [4.69, 9.17) is 22.3 Å². The summed E-state index contributed by atoms with van der Waals surface area (Å²) < 4.78 is 22.4. The zero-order valence-electron chi connectivity index (χ0n) is 9.52. The summed E-state index contributed by atoms with van der Waals surface area (Å²) >= 11 is 6.12. The van der Waals surface area contributed by atoms with Gasteiger partial charge in [0.05, 0.1) is 4.90 Å². The van der Waals surface area contributed by atoms with Crippen molar-refractivity contribution in [3.63, 3.8) is 0 Å². The lowest BCUT2D eigenvalue weighted by atomic mass is 10.0. The average molecular weight is 301 g/mol. The highest BCUT2D eigenvalue weighted by molar-refractivity contribution is 8.13. The molecule has 0 aliphatic rings. The van der Waals surface area contributed by atoms with Crippen molar-refractivity contribution < 1.29 is 8.42 Å². The fourth-order valence-electron chi connectivity index (χ4n) is 1.74. The molecule has 0 fully saturated rings. The highest BCUT2D eigenvalue weighted by Crippen LogP contribution is 2.32. The van der Waals surface area contributed by atoms with Crippen LogP contribution in [-0.2, 0) is 9.05 Å². The van der Waals surface area contributed by atoms with E-state index in [0.717, 1.165) is 16.7 Å². The van der Waals surface area contributed by atoms with Crippen LogP contribution >= 0.6 is 22.3 Å². The predicted molar refractivity (Wildman–Crippen MR) is 74.7 cm³/mol. The second-order valence-electron chi connectivity index (χ2n) is 3.89. The van der Waals surface area contributed by atoms with Gasteiger partial charge in [0, 0.05) is 21.3 Å². The number of aryl methyl sites for hydroxylation is 1. The van der Waals surface area contributed by atoms with Crippen molar-refractivity contribution in [1.29, 1.82) is 0 Å². The van der Waals surface area contributed by atoms with Gasteiger partial charge in [-0.05, 0) is 30.2 Å². The van der Waals surface area contributed by atoms with E-state index in [1.54, 1.807) is 6.07 Å². The van der Waals surface area contributed by atoms with Crippen molar-refractivity contribution in [2.75, 3.05) is 0 Å². The molecule has 5 heteroatoms. The molecule has 0 N–H and O–H groups in total. The molecule has 0 aromatic heterocycles. The van der Waals surface area contributed by atoms with E-state index in [0.29, 0.717) is 5.02 Å². The molecule has 0 aliphatic carbocycles. The van der Waals surface area contributed by atoms with E-state index in [1.165, 1.54) is 12.1 Å². The second-order valence-corrected chi connectivity index (χ2v) is 6.87. The van der Waals surface area contributed by atoms with Gasteiger partial charge in [-0.3, -0.25) is 0 Å². The van der Waals surface area contributed by atoms with Gasteiger partial charge in [0.1, 0.15) is 0 Å². The third kappa shape index (κ3) is 2.69. The molecule has 2 aromatic carbocycles. The van der Waals surface area contributed by atoms with Crippen LogP contribution < -0.4 is 0 Å². The maximum Gasteiger partial charge on any atom is 0.261 e. The van der Waals surface area contributed by atoms with Crippen LogP contribution in [-0.4, -0.2) is 8.42 Å². The Balaban J connectivity index is 2.59. The Morgan fingerprint density at radius 1 is 1.00 bits per heavy atom. The maximum absolute atomic E-state index is 11.2. The van der Waals surface area contributed by atoms with Crippen molar-refractivity contribution >= 4 is 31.3 Å². The van der Waals surface area contributed by atoms with Crippen LogP contribution in [0.2, 0.25) is 5.02 Å². The first-order valence-electron chi connectivity index (χ1n) is 5.20. The molecule has 0 aliphatic heterocycles. The molecule has 94 valence electrons. The highest BCUT2D eigenvalue weighted by atomic mass is 35.7.